The van der Waals surface area contributed by atoms with Crippen LogP contribution in [0.5, 0.6) is 5.75 Å². The molecule has 2 fully saturated rings. The van der Waals surface area contributed by atoms with Gasteiger partial charge < -0.3 is 9.84 Å². The summed E-state index contributed by atoms with van der Waals surface area (Å²) in [5.41, 5.74) is 0.376. The van der Waals surface area contributed by atoms with E-state index in [1.165, 1.54) is 12.1 Å². The number of carbonyl (C=O) groups is 3. The van der Waals surface area contributed by atoms with Gasteiger partial charge in [0.15, 0.2) is 0 Å². The van der Waals surface area contributed by atoms with Gasteiger partial charge in [0.1, 0.15) is 18.4 Å². The number of halogens is 3. The van der Waals surface area contributed by atoms with Gasteiger partial charge in [0.05, 0.1) is 28.4 Å². The first kappa shape index (κ1) is 21.9. The summed E-state index contributed by atoms with van der Waals surface area (Å²) in [6.07, 6.45) is 0. The smallest absolute Gasteiger partial charge is 0.321 e. The standard InChI is InChI=1S/C21H17Cl3N2O5/c22-10-8-12(16(24)13(23)9-10)17-14-15(18(25-17)21(29)30)20(28)26(19(14)27)6-7-31-11-4-2-1-3-5-11/h1-5,8-9,14-15,17-18,25H,6-7H2,(H,29,30). The summed E-state index contributed by atoms with van der Waals surface area (Å²) in [7, 11) is 0. The molecule has 162 valence electrons. The maximum atomic E-state index is 13.2. The molecule has 2 heterocycles. The van der Waals surface area contributed by atoms with Gasteiger partial charge in [-0.1, -0.05) is 53.0 Å². The lowest BCUT2D eigenvalue weighted by atomic mass is 9.86. The van der Waals surface area contributed by atoms with Crippen LogP contribution in [0.25, 0.3) is 0 Å². The molecule has 2 saturated heterocycles. The van der Waals surface area contributed by atoms with Gasteiger partial charge in [0, 0.05) is 11.1 Å². The largest absolute Gasteiger partial charge is 0.492 e. The zero-order chi connectivity index (χ0) is 22.3. The second-order valence-corrected chi connectivity index (χ2v) is 8.51. The molecule has 2 amide bonds. The van der Waals surface area contributed by atoms with Crippen LogP contribution in [0.3, 0.4) is 0 Å². The molecule has 2 aliphatic rings. The van der Waals surface area contributed by atoms with Gasteiger partial charge in [0.25, 0.3) is 0 Å². The highest BCUT2D eigenvalue weighted by atomic mass is 35.5. The molecule has 7 nitrogen and oxygen atoms in total. The van der Waals surface area contributed by atoms with Crippen molar-refractivity contribution in [3.63, 3.8) is 0 Å². The van der Waals surface area contributed by atoms with Gasteiger partial charge in [-0.25, -0.2) is 0 Å². The third-order valence-corrected chi connectivity index (χ3v) is 6.55. The summed E-state index contributed by atoms with van der Waals surface area (Å²) >= 11 is 18.5. The van der Waals surface area contributed by atoms with Crippen LogP contribution >= 0.6 is 34.8 Å². The number of nitrogens with one attached hydrogen (secondary N) is 1. The number of hydrogen-bond acceptors (Lipinski definition) is 5. The maximum absolute atomic E-state index is 13.2. The van der Waals surface area contributed by atoms with Gasteiger partial charge in [-0.3, -0.25) is 24.6 Å². The molecule has 2 aromatic rings. The Morgan fingerprint density at radius 2 is 1.74 bits per heavy atom. The summed E-state index contributed by atoms with van der Waals surface area (Å²) in [5, 5.41) is 13.1. The highest BCUT2D eigenvalue weighted by Gasteiger charge is 2.61. The first-order valence-electron chi connectivity index (χ1n) is 9.46. The number of para-hydroxylation sites is 1. The van der Waals surface area contributed by atoms with Gasteiger partial charge in [-0.15, -0.1) is 0 Å². The second-order valence-electron chi connectivity index (χ2n) is 7.29. The fourth-order valence-corrected chi connectivity index (χ4v) is 4.91. The van der Waals surface area contributed by atoms with E-state index >= 15 is 0 Å². The summed E-state index contributed by atoms with van der Waals surface area (Å²) in [4.78, 5) is 39.1. The van der Waals surface area contributed by atoms with E-state index in [0.717, 1.165) is 4.90 Å². The minimum Gasteiger partial charge on any atom is -0.492 e. The summed E-state index contributed by atoms with van der Waals surface area (Å²) in [5.74, 6) is -3.69. The second kappa shape index (κ2) is 8.67. The molecule has 0 aliphatic carbocycles. The molecule has 10 heteroatoms. The molecule has 0 spiro atoms. The molecular weight excluding hydrogens is 467 g/mol. The fraction of sp³-hybridized carbons (Fsp3) is 0.286. The van der Waals surface area contributed by atoms with E-state index in [9.17, 15) is 19.5 Å². The number of carboxylic acid groups (broad SMARTS) is 1. The van der Waals surface area contributed by atoms with Gasteiger partial charge in [0.2, 0.25) is 11.8 Å². The lowest BCUT2D eigenvalue weighted by molar-refractivity contribution is -0.146. The molecule has 2 aliphatic heterocycles. The predicted octanol–water partition coefficient (Wildman–Crippen LogP) is 3.42. The van der Waals surface area contributed by atoms with Crippen molar-refractivity contribution in [1.29, 1.82) is 0 Å². The Hall–Kier alpha value is -2.32. The molecule has 2 aromatic carbocycles. The number of imide groups is 1. The Kier molecular flexibility index (Phi) is 6.12. The number of fused-ring (bicyclic) bond motifs is 1. The first-order valence-corrected chi connectivity index (χ1v) is 10.6. The van der Waals surface area contributed by atoms with E-state index in [-0.39, 0.29) is 28.2 Å². The Balaban J connectivity index is 1.60. The monoisotopic (exact) mass is 482 g/mol. The normalized spacial score (nSPS) is 25.1. The Morgan fingerprint density at radius 3 is 2.42 bits per heavy atom. The molecule has 4 unspecified atom stereocenters. The molecule has 2 N–H and O–H groups in total. The number of benzene rings is 2. The molecule has 0 radical (unpaired) electrons. The van der Waals surface area contributed by atoms with Crippen molar-refractivity contribution in [2.45, 2.75) is 12.1 Å². The SMILES string of the molecule is O=C(O)C1NC(c2cc(Cl)cc(Cl)c2Cl)C2C(=O)N(CCOc3ccccc3)C(=O)C12. The van der Waals surface area contributed by atoms with E-state index in [2.05, 4.69) is 5.32 Å². The number of ether oxygens (including phenoxy) is 1. The van der Waals surface area contributed by atoms with Gasteiger partial charge in [-0.2, -0.15) is 0 Å². The first-order chi connectivity index (χ1) is 14.8. The number of aliphatic carboxylic acids is 1. The number of likely N-dealkylation sites (tertiary alicyclic amines) is 1. The fourth-order valence-electron chi connectivity index (χ4n) is 4.18. The summed E-state index contributed by atoms with van der Waals surface area (Å²) < 4.78 is 5.59. The number of carboxylic acids is 1. The van der Waals surface area contributed by atoms with Crippen molar-refractivity contribution < 1.29 is 24.2 Å². The maximum Gasteiger partial charge on any atom is 0.321 e. The van der Waals surface area contributed by atoms with Crippen molar-refractivity contribution in [2.24, 2.45) is 11.8 Å². The highest BCUT2D eigenvalue weighted by Crippen LogP contribution is 2.47. The molecule has 0 aromatic heterocycles. The lowest BCUT2D eigenvalue weighted by Gasteiger charge is -2.22. The van der Waals surface area contributed by atoms with E-state index in [1.54, 1.807) is 24.3 Å². The third kappa shape index (κ3) is 3.99. The van der Waals surface area contributed by atoms with Crippen LogP contribution in [0.1, 0.15) is 11.6 Å². The van der Waals surface area contributed by atoms with Crippen LogP contribution < -0.4 is 10.1 Å². The number of nitrogens with zero attached hydrogens (tertiary/aromatic N) is 1. The number of amides is 2. The van der Waals surface area contributed by atoms with E-state index in [1.807, 2.05) is 6.07 Å². The Morgan fingerprint density at radius 1 is 1.06 bits per heavy atom. The predicted molar refractivity (Wildman–Crippen MR) is 114 cm³/mol. The van der Waals surface area contributed by atoms with Crippen LogP contribution in [0.15, 0.2) is 42.5 Å². The molecule has 0 saturated carbocycles. The third-order valence-electron chi connectivity index (χ3n) is 5.52. The molecule has 0 bridgehead atoms. The van der Waals surface area contributed by atoms with Crippen LogP contribution in [-0.2, 0) is 14.4 Å². The minimum atomic E-state index is -1.25. The van der Waals surface area contributed by atoms with Crippen LogP contribution in [0.2, 0.25) is 15.1 Å². The molecule has 4 atom stereocenters. The Bertz CT molecular complexity index is 1050. The topological polar surface area (TPSA) is 95.9 Å². The van der Waals surface area contributed by atoms with Crippen molar-refractivity contribution in [3.8, 4) is 5.75 Å². The van der Waals surface area contributed by atoms with Crippen LogP contribution in [-0.4, -0.2) is 47.0 Å². The number of hydrogen-bond donors (Lipinski definition) is 2. The average Bonchev–Trinajstić information content (AvgIpc) is 3.24. The van der Waals surface area contributed by atoms with E-state index in [4.69, 9.17) is 39.5 Å². The molecular formula is C21H17Cl3N2O5. The molecule has 4 rings (SSSR count). The van der Waals surface area contributed by atoms with E-state index < -0.39 is 41.7 Å². The summed E-state index contributed by atoms with van der Waals surface area (Å²) in [6.45, 7) is 0.0865. The van der Waals surface area contributed by atoms with Gasteiger partial charge >= 0.3 is 5.97 Å². The van der Waals surface area contributed by atoms with Crippen LogP contribution in [0.4, 0.5) is 0 Å². The van der Waals surface area contributed by atoms with Crippen molar-refractivity contribution >= 4 is 52.6 Å². The van der Waals surface area contributed by atoms with Crippen molar-refractivity contribution in [1.82, 2.24) is 10.2 Å². The minimum absolute atomic E-state index is 0.00263. The zero-order valence-corrected chi connectivity index (χ0v) is 18.2. The zero-order valence-electron chi connectivity index (χ0n) is 15.9. The number of carbonyl (C=O) groups excluding carboxylic acids is 2. The van der Waals surface area contributed by atoms with Crippen molar-refractivity contribution in [3.05, 3.63) is 63.1 Å². The average molecular weight is 484 g/mol. The quantitative estimate of drug-likeness (QED) is 0.483. The van der Waals surface area contributed by atoms with Gasteiger partial charge in [-0.05, 0) is 29.8 Å². The van der Waals surface area contributed by atoms with Crippen molar-refractivity contribution in [2.75, 3.05) is 13.2 Å². The highest BCUT2D eigenvalue weighted by molar-refractivity contribution is 6.43. The lowest BCUT2D eigenvalue weighted by Crippen LogP contribution is -2.44. The van der Waals surface area contributed by atoms with Crippen LogP contribution in [0, 0.1) is 11.8 Å². The number of rotatable bonds is 6. The van der Waals surface area contributed by atoms with E-state index in [0.29, 0.717) is 11.3 Å². The summed E-state index contributed by atoms with van der Waals surface area (Å²) in [6, 6.07) is 9.86. The Labute approximate surface area is 192 Å². The molecule has 31 heavy (non-hydrogen) atoms.